The van der Waals surface area contributed by atoms with Crippen molar-refractivity contribution in [2.45, 2.75) is 37.5 Å². The van der Waals surface area contributed by atoms with E-state index in [0.29, 0.717) is 22.5 Å². The minimum absolute atomic E-state index is 0.0321. The molecule has 28 heavy (non-hydrogen) atoms. The van der Waals surface area contributed by atoms with Gasteiger partial charge >= 0.3 is 0 Å². The molecule has 1 aliphatic carbocycles. The lowest BCUT2D eigenvalue weighted by molar-refractivity contribution is -0.174. The van der Waals surface area contributed by atoms with Crippen LogP contribution in [0.3, 0.4) is 0 Å². The number of hydrogen-bond donors (Lipinski definition) is 0. The van der Waals surface area contributed by atoms with Gasteiger partial charge < -0.3 is 9.64 Å². The van der Waals surface area contributed by atoms with Gasteiger partial charge in [-0.15, -0.1) is 0 Å². The first-order chi connectivity index (χ1) is 13.6. The number of morpholine rings is 1. The summed E-state index contributed by atoms with van der Waals surface area (Å²) in [5.74, 6) is 0.395. The quantitative estimate of drug-likeness (QED) is 0.664. The summed E-state index contributed by atoms with van der Waals surface area (Å²) in [6.07, 6.45) is 1.11. The molecule has 0 spiro atoms. The summed E-state index contributed by atoms with van der Waals surface area (Å²) in [5.41, 5.74) is 1.85. The van der Waals surface area contributed by atoms with Crippen LogP contribution in [0.15, 0.2) is 48.5 Å². The van der Waals surface area contributed by atoms with Crippen molar-refractivity contribution in [3.63, 3.8) is 0 Å². The Hall–Kier alpha value is -2.06. The fourth-order valence-corrected chi connectivity index (χ4v) is 4.08. The van der Waals surface area contributed by atoms with Gasteiger partial charge in [0.05, 0.1) is 18.5 Å². The third-order valence-electron chi connectivity index (χ3n) is 5.31. The Morgan fingerprint density at radius 1 is 1.07 bits per heavy atom. The van der Waals surface area contributed by atoms with E-state index in [0.717, 1.165) is 24.0 Å². The highest BCUT2D eigenvalue weighted by Gasteiger charge is 2.45. The second kappa shape index (κ2) is 8.13. The summed E-state index contributed by atoms with van der Waals surface area (Å²) in [7, 11) is 0. The Morgan fingerprint density at radius 2 is 1.82 bits per heavy atom. The summed E-state index contributed by atoms with van der Waals surface area (Å²) >= 11 is 12.3. The van der Waals surface area contributed by atoms with Crippen LogP contribution in [0.5, 0.6) is 0 Å². The van der Waals surface area contributed by atoms with Gasteiger partial charge in [-0.25, -0.2) is 0 Å². The van der Waals surface area contributed by atoms with Gasteiger partial charge in [0.25, 0.3) is 5.91 Å². The number of halogens is 2. The van der Waals surface area contributed by atoms with Crippen LogP contribution in [-0.4, -0.2) is 23.5 Å². The predicted molar refractivity (Wildman–Crippen MR) is 108 cm³/mol. The number of carbonyl (C=O) groups is 1. The van der Waals surface area contributed by atoms with Crippen LogP contribution >= 0.6 is 23.2 Å². The summed E-state index contributed by atoms with van der Waals surface area (Å²) in [6.45, 7) is 0.675. The molecule has 1 heterocycles. The topological polar surface area (TPSA) is 53.3 Å². The number of carbonyl (C=O) groups excluding carboxylic acids is 1. The minimum Gasteiger partial charge on any atom is -0.357 e. The molecule has 2 aliphatic rings. The lowest BCUT2D eigenvalue weighted by Gasteiger charge is -2.44. The monoisotopic (exact) mass is 414 g/mol. The molecule has 1 saturated heterocycles. The van der Waals surface area contributed by atoms with Crippen molar-refractivity contribution in [1.29, 1.82) is 5.26 Å². The number of hydrogen-bond acceptors (Lipinski definition) is 3. The summed E-state index contributed by atoms with van der Waals surface area (Å²) in [5, 5.41) is 10.4. The number of nitriles is 1. The molecule has 144 valence electrons. The van der Waals surface area contributed by atoms with E-state index >= 15 is 0 Å². The van der Waals surface area contributed by atoms with Gasteiger partial charge in [-0.05, 0) is 54.2 Å². The van der Waals surface area contributed by atoms with E-state index in [1.54, 1.807) is 0 Å². The molecule has 2 aromatic carbocycles. The maximum absolute atomic E-state index is 13.2. The molecule has 3 atom stereocenters. The lowest BCUT2D eigenvalue weighted by Crippen LogP contribution is -2.51. The van der Waals surface area contributed by atoms with E-state index in [-0.39, 0.29) is 18.4 Å². The molecular weight excluding hydrogens is 395 g/mol. The molecule has 0 aromatic heterocycles. The Kier molecular flexibility index (Phi) is 5.59. The van der Waals surface area contributed by atoms with Crippen molar-refractivity contribution in [3.8, 4) is 6.07 Å². The molecule has 0 N–H and O–H groups in total. The molecule has 4 rings (SSSR count). The van der Waals surface area contributed by atoms with Gasteiger partial charge in [0.15, 0.2) is 0 Å². The highest BCUT2D eigenvalue weighted by atomic mass is 35.5. The molecular formula is C22H20Cl2N2O2. The van der Waals surface area contributed by atoms with Crippen LogP contribution in [0.2, 0.25) is 10.0 Å². The van der Waals surface area contributed by atoms with Gasteiger partial charge in [-0.1, -0.05) is 47.5 Å². The van der Waals surface area contributed by atoms with Gasteiger partial charge in [-0.2, -0.15) is 5.26 Å². The van der Waals surface area contributed by atoms with Crippen molar-refractivity contribution in [2.24, 2.45) is 5.92 Å². The van der Waals surface area contributed by atoms with Crippen molar-refractivity contribution in [2.75, 3.05) is 6.54 Å². The average molecular weight is 415 g/mol. The third kappa shape index (κ3) is 4.03. The molecule has 0 bridgehead atoms. The third-order valence-corrected chi connectivity index (χ3v) is 5.80. The predicted octanol–water partition coefficient (Wildman–Crippen LogP) is 5.33. The molecule has 1 aliphatic heterocycles. The first-order valence-corrected chi connectivity index (χ1v) is 10.2. The van der Waals surface area contributed by atoms with Gasteiger partial charge in [0, 0.05) is 16.6 Å². The molecule has 1 saturated carbocycles. The summed E-state index contributed by atoms with van der Waals surface area (Å²) in [4.78, 5) is 15.1. The van der Waals surface area contributed by atoms with E-state index in [9.17, 15) is 10.1 Å². The van der Waals surface area contributed by atoms with Crippen LogP contribution in [0.25, 0.3) is 0 Å². The SMILES string of the molecule is N#CC[C@@H]1O[C@H](c2cccc(Cl)c2)[C@@H](c2ccc(Cl)cc2)N(CC2CC2)C1=O. The number of ether oxygens (including phenoxy) is 1. The fraction of sp³-hybridized carbons (Fsp3) is 0.364. The van der Waals surface area contributed by atoms with Crippen LogP contribution < -0.4 is 0 Å². The Labute approximate surface area is 174 Å². The van der Waals surface area contributed by atoms with Crippen LogP contribution in [0.4, 0.5) is 0 Å². The zero-order valence-corrected chi connectivity index (χ0v) is 16.7. The summed E-state index contributed by atoms with van der Waals surface area (Å²) in [6, 6.07) is 16.8. The van der Waals surface area contributed by atoms with Crippen molar-refractivity contribution in [1.82, 2.24) is 4.90 Å². The largest absolute Gasteiger partial charge is 0.357 e. The fourth-order valence-electron chi connectivity index (χ4n) is 3.75. The molecule has 0 unspecified atom stereocenters. The second-order valence-corrected chi connectivity index (χ2v) is 8.27. The molecule has 1 amide bonds. The van der Waals surface area contributed by atoms with Crippen molar-refractivity contribution in [3.05, 3.63) is 69.7 Å². The van der Waals surface area contributed by atoms with E-state index in [1.807, 2.05) is 53.4 Å². The summed E-state index contributed by atoms with van der Waals surface area (Å²) < 4.78 is 6.20. The van der Waals surface area contributed by atoms with Crippen molar-refractivity contribution >= 4 is 29.1 Å². The van der Waals surface area contributed by atoms with Crippen molar-refractivity contribution < 1.29 is 9.53 Å². The van der Waals surface area contributed by atoms with Gasteiger partial charge in [0.2, 0.25) is 0 Å². The second-order valence-electron chi connectivity index (χ2n) is 7.39. The Morgan fingerprint density at radius 3 is 2.46 bits per heavy atom. The molecule has 2 fully saturated rings. The molecule has 4 nitrogen and oxygen atoms in total. The van der Waals surface area contributed by atoms with Crippen LogP contribution in [0.1, 0.15) is 42.5 Å². The maximum Gasteiger partial charge on any atom is 0.253 e. The normalized spacial score (nSPS) is 24.8. The Bertz CT molecular complexity index is 905. The van der Waals surface area contributed by atoms with E-state index in [4.69, 9.17) is 27.9 Å². The zero-order valence-electron chi connectivity index (χ0n) is 15.2. The smallest absolute Gasteiger partial charge is 0.253 e. The minimum atomic E-state index is -0.767. The number of amides is 1. The number of nitrogens with zero attached hydrogens (tertiary/aromatic N) is 2. The standard InChI is InChI=1S/C22H20Cl2N2O2/c23-17-8-6-15(7-9-17)20-21(16-2-1-3-18(24)12-16)28-19(10-11-25)22(27)26(20)13-14-4-5-14/h1-3,6-9,12,14,19-21H,4-5,10,13H2/t19-,20+,21+/m0/s1. The first kappa shape index (κ1) is 19.3. The van der Waals surface area contributed by atoms with E-state index in [1.165, 1.54) is 0 Å². The first-order valence-electron chi connectivity index (χ1n) is 9.40. The lowest BCUT2D eigenvalue weighted by atomic mass is 9.91. The highest BCUT2D eigenvalue weighted by Crippen LogP contribution is 2.45. The number of rotatable bonds is 5. The van der Waals surface area contributed by atoms with E-state index < -0.39 is 12.2 Å². The molecule has 6 heteroatoms. The van der Waals surface area contributed by atoms with Gasteiger partial charge in [-0.3, -0.25) is 4.79 Å². The number of benzene rings is 2. The van der Waals surface area contributed by atoms with Crippen LogP contribution in [-0.2, 0) is 9.53 Å². The zero-order chi connectivity index (χ0) is 19.7. The van der Waals surface area contributed by atoms with E-state index in [2.05, 4.69) is 6.07 Å². The Balaban J connectivity index is 1.79. The molecule has 0 radical (unpaired) electrons. The average Bonchev–Trinajstić information content (AvgIpc) is 3.50. The van der Waals surface area contributed by atoms with Crippen LogP contribution in [0, 0.1) is 17.2 Å². The molecule has 2 aromatic rings. The van der Waals surface area contributed by atoms with Gasteiger partial charge in [0.1, 0.15) is 12.2 Å². The maximum atomic E-state index is 13.2. The highest BCUT2D eigenvalue weighted by molar-refractivity contribution is 6.30.